The maximum absolute atomic E-state index is 4.94. The molecule has 1 rings (SSSR count). The van der Waals surface area contributed by atoms with Crippen LogP contribution >= 0.6 is 0 Å². The predicted molar refractivity (Wildman–Crippen MR) is 60.1 cm³/mol. The van der Waals surface area contributed by atoms with Crippen LogP contribution in [-0.4, -0.2) is 20.3 Å². The largest absolute Gasteiger partial charge is 0.383 e. The monoisotopic (exact) mass is 191 g/mol. The van der Waals surface area contributed by atoms with Gasteiger partial charge in [-0.3, -0.25) is 0 Å². The second-order valence-corrected chi connectivity index (χ2v) is 3.26. The third-order valence-corrected chi connectivity index (χ3v) is 2.04. The van der Waals surface area contributed by atoms with E-state index in [1.165, 1.54) is 5.56 Å². The summed E-state index contributed by atoms with van der Waals surface area (Å²) in [6.07, 6.45) is 0. The van der Waals surface area contributed by atoms with Crippen LogP contribution in [0.25, 0.3) is 5.70 Å². The first-order valence-corrected chi connectivity index (χ1v) is 4.73. The van der Waals surface area contributed by atoms with E-state index in [-0.39, 0.29) is 0 Å². The van der Waals surface area contributed by atoms with Gasteiger partial charge in [-0.1, -0.05) is 36.4 Å². The Hall–Kier alpha value is -1.28. The highest BCUT2D eigenvalue weighted by Crippen LogP contribution is 2.09. The van der Waals surface area contributed by atoms with Gasteiger partial charge < -0.3 is 10.1 Å². The van der Waals surface area contributed by atoms with Gasteiger partial charge in [0.1, 0.15) is 0 Å². The van der Waals surface area contributed by atoms with Gasteiger partial charge in [-0.2, -0.15) is 0 Å². The van der Waals surface area contributed by atoms with E-state index in [1.807, 2.05) is 0 Å². The zero-order valence-electron chi connectivity index (χ0n) is 8.84. The highest BCUT2D eigenvalue weighted by atomic mass is 16.5. The van der Waals surface area contributed by atoms with E-state index < -0.39 is 0 Å². The van der Waals surface area contributed by atoms with Crippen LogP contribution < -0.4 is 5.32 Å². The molecule has 0 atom stereocenters. The summed E-state index contributed by atoms with van der Waals surface area (Å²) in [4.78, 5) is 0. The van der Waals surface area contributed by atoms with Crippen molar-refractivity contribution in [3.63, 3.8) is 0 Å². The first-order valence-electron chi connectivity index (χ1n) is 4.73. The van der Waals surface area contributed by atoms with Crippen LogP contribution in [0.15, 0.2) is 30.8 Å². The Kier molecular flexibility index (Phi) is 4.20. The lowest BCUT2D eigenvalue weighted by Crippen LogP contribution is -2.16. The van der Waals surface area contributed by atoms with Crippen molar-refractivity contribution in [2.24, 2.45) is 0 Å². The molecule has 0 saturated carbocycles. The average molecular weight is 191 g/mol. The highest BCUT2D eigenvalue weighted by Gasteiger charge is 1.96. The van der Waals surface area contributed by atoms with E-state index in [4.69, 9.17) is 4.74 Å². The van der Waals surface area contributed by atoms with Gasteiger partial charge in [-0.05, 0) is 12.5 Å². The molecule has 0 aromatic heterocycles. The number of hydrogen-bond donors (Lipinski definition) is 1. The molecule has 0 spiro atoms. The number of benzene rings is 1. The van der Waals surface area contributed by atoms with Gasteiger partial charge in [0.15, 0.2) is 0 Å². The zero-order chi connectivity index (χ0) is 10.4. The molecule has 0 fully saturated rings. The number of rotatable bonds is 5. The molecule has 0 heterocycles. The molecule has 2 nitrogen and oxygen atoms in total. The van der Waals surface area contributed by atoms with Crippen molar-refractivity contribution in [2.45, 2.75) is 6.92 Å². The standard InChI is InChI=1S/C12H17NO/c1-10-4-6-12(7-5-10)11(2)13-8-9-14-3/h4-7,13H,2,8-9H2,1,3H3. The summed E-state index contributed by atoms with van der Waals surface area (Å²) in [5, 5.41) is 3.20. The van der Waals surface area contributed by atoms with Gasteiger partial charge in [-0.15, -0.1) is 0 Å². The molecule has 14 heavy (non-hydrogen) atoms. The third-order valence-electron chi connectivity index (χ3n) is 2.04. The zero-order valence-corrected chi connectivity index (χ0v) is 8.84. The number of nitrogens with one attached hydrogen (secondary N) is 1. The Balaban J connectivity index is 2.48. The van der Waals surface area contributed by atoms with Crippen LogP contribution in [0.5, 0.6) is 0 Å². The first kappa shape index (κ1) is 10.8. The third kappa shape index (κ3) is 3.23. The first-order chi connectivity index (χ1) is 6.74. The van der Waals surface area contributed by atoms with Gasteiger partial charge in [0.05, 0.1) is 6.61 Å². The lowest BCUT2D eigenvalue weighted by molar-refractivity contribution is 0.203. The minimum atomic E-state index is 0.699. The quantitative estimate of drug-likeness (QED) is 0.720. The number of hydrogen-bond acceptors (Lipinski definition) is 2. The summed E-state index contributed by atoms with van der Waals surface area (Å²) in [5.41, 5.74) is 3.34. The summed E-state index contributed by atoms with van der Waals surface area (Å²) < 4.78 is 4.94. The van der Waals surface area contributed by atoms with Gasteiger partial charge >= 0.3 is 0 Å². The molecule has 0 amide bonds. The molecular weight excluding hydrogens is 174 g/mol. The van der Waals surface area contributed by atoms with Crippen molar-refractivity contribution in [3.05, 3.63) is 42.0 Å². The highest BCUT2D eigenvalue weighted by molar-refractivity contribution is 5.61. The van der Waals surface area contributed by atoms with E-state index in [2.05, 4.69) is 43.1 Å². The molecule has 0 saturated heterocycles. The van der Waals surface area contributed by atoms with Crippen LogP contribution in [0.4, 0.5) is 0 Å². The average Bonchev–Trinajstić information content (AvgIpc) is 2.19. The second kappa shape index (κ2) is 5.45. The minimum Gasteiger partial charge on any atom is -0.383 e. The molecule has 2 heteroatoms. The maximum Gasteiger partial charge on any atom is 0.0635 e. The summed E-state index contributed by atoms with van der Waals surface area (Å²) in [6.45, 7) is 7.53. The second-order valence-electron chi connectivity index (χ2n) is 3.26. The lowest BCUT2D eigenvalue weighted by Gasteiger charge is -2.09. The van der Waals surface area contributed by atoms with Crippen LogP contribution in [-0.2, 0) is 4.74 Å². The maximum atomic E-state index is 4.94. The van der Waals surface area contributed by atoms with Gasteiger partial charge in [0.2, 0.25) is 0 Å². The minimum absolute atomic E-state index is 0.699. The van der Waals surface area contributed by atoms with E-state index in [0.717, 1.165) is 17.8 Å². The molecule has 0 aliphatic heterocycles. The van der Waals surface area contributed by atoms with Gasteiger partial charge in [-0.25, -0.2) is 0 Å². The predicted octanol–water partition coefficient (Wildman–Crippen LogP) is 2.20. The Morgan fingerprint density at radius 3 is 2.57 bits per heavy atom. The molecule has 0 bridgehead atoms. The summed E-state index contributed by atoms with van der Waals surface area (Å²) >= 11 is 0. The van der Waals surface area contributed by atoms with E-state index in [0.29, 0.717) is 6.61 Å². The molecule has 1 aromatic rings. The molecule has 0 radical (unpaired) electrons. The van der Waals surface area contributed by atoms with Crippen molar-refractivity contribution in [2.75, 3.05) is 20.3 Å². The molecule has 0 unspecified atom stereocenters. The number of ether oxygens (including phenoxy) is 1. The molecule has 76 valence electrons. The summed E-state index contributed by atoms with van der Waals surface area (Å²) in [5.74, 6) is 0. The molecule has 1 N–H and O–H groups in total. The molecular formula is C12H17NO. The van der Waals surface area contributed by atoms with Gasteiger partial charge in [0.25, 0.3) is 0 Å². The number of methoxy groups -OCH3 is 1. The fourth-order valence-corrected chi connectivity index (χ4v) is 1.16. The molecule has 0 aliphatic carbocycles. The molecule has 0 aliphatic rings. The van der Waals surface area contributed by atoms with Crippen LogP contribution in [0.2, 0.25) is 0 Å². The molecule has 1 aromatic carbocycles. The Bertz CT molecular complexity index is 290. The number of aryl methyl sites for hydroxylation is 1. The lowest BCUT2D eigenvalue weighted by atomic mass is 10.1. The Morgan fingerprint density at radius 1 is 1.36 bits per heavy atom. The van der Waals surface area contributed by atoms with Crippen molar-refractivity contribution < 1.29 is 4.74 Å². The Labute approximate surface area is 85.6 Å². The fraction of sp³-hybridized carbons (Fsp3) is 0.333. The van der Waals surface area contributed by atoms with Crippen LogP contribution in [0.3, 0.4) is 0 Å². The van der Waals surface area contributed by atoms with E-state index in [1.54, 1.807) is 7.11 Å². The topological polar surface area (TPSA) is 21.3 Å². The summed E-state index contributed by atoms with van der Waals surface area (Å²) in [6, 6.07) is 8.30. The van der Waals surface area contributed by atoms with Gasteiger partial charge in [0, 0.05) is 19.4 Å². The van der Waals surface area contributed by atoms with Crippen molar-refractivity contribution >= 4 is 5.70 Å². The van der Waals surface area contributed by atoms with Crippen molar-refractivity contribution in [1.29, 1.82) is 0 Å². The summed E-state index contributed by atoms with van der Waals surface area (Å²) in [7, 11) is 1.69. The van der Waals surface area contributed by atoms with Crippen molar-refractivity contribution in [1.82, 2.24) is 5.32 Å². The normalized spacial score (nSPS) is 9.86. The Morgan fingerprint density at radius 2 is 2.00 bits per heavy atom. The van der Waals surface area contributed by atoms with E-state index in [9.17, 15) is 0 Å². The van der Waals surface area contributed by atoms with Crippen LogP contribution in [0, 0.1) is 6.92 Å². The smallest absolute Gasteiger partial charge is 0.0635 e. The van der Waals surface area contributed by atoms with Crippen molar-refractivity contribution in [3.8, 4) is 0 Å². The SMILES string of the molecule is C=C(NCCOC)c1ccc(C)cc1. The van der Waals surface area contributed by atoms with Crippen LogP contribution in [0.1, 0.15) is 11.1 Å². The van der Waals surface area contributed by atoms with E-state index >= 15 is 0 Å². The fourth-order valence-electron chi connectivity index (χ4n) is 1.16.